The molecule has 0 saturated carbocycles. The lowest BCUT2D eigenvalue weighted by atomic mass is 10.1. The van der Waals surface area contributed by atoms with Crippen LogP contribution in [0.1, 0.15) is 23.5 Å². The van der Waals surface area contributed by atoms with E-state index >= 15 is 0 Å². The van der Waals surface area contributed by atoms with Crippen LogP contribution in [0.3, 0.4) is 0 Å². The highest BCUT2D eigenvalue weighted by Crippen LogP contribution is 2.31. The number of halogens is 1. The first-order chi connectivity index (χ1) is 16.1. The van der Waals surface area contributed by atoms with Gasteiger partial charge in [-0.05, 0) is 43.2 Å². The standard InChI is InChI=1S/C23H23FN8O/c24-17-5-1-6-18(21(17)31-10-2-4-16(25)14-31)30-23(33)22-27-13-19(29-22)15-7-9-26-20(12-15)32-11-3-8-28-32/h1,3,5-9,11-13,16H,2,4,10,14,25H2,(H,27,29)(H,30,33). The lowest BCUT2D eigenvalue weighted by Gasteiger charge is -2.34. The number of carbonyl (C=O) groups is 1. The number of para-hydroxylation sites is 1. The summed E-state index contributed by atoms with van der Waals surface area (Å²) in [6.45, 7) is 1.22. The molecule has 33 heavy (non-hydrogen) atoms. The quantitative estimate of drug-likeness (QED) is 0.434. The molecule has 10 heteroatoms. The molecule has 3 aromatic heterocycles. The van der Waals surface area contributed by atoms with Crippen molar-refractivity contribution < 1.29 is 9.18 Å². The Morgan fingerprint density at radius 1 is 1.21 bits per heavy atom. The van der Waals surface area contributed by atoms with E-state index in [1.54, 1.807) is 41.6 Å². The summed E-state index contributed by atoms with van der Waals surface area (Å²) in [7, 11) is 0. The van der Waals surface area contributed by atoms with Crippen LogP contribution in [0.5, 0.6) is 0 Å². The maximum Gasteiger partial charge on any atom is 0.291 e. The minimum atomic E-state index is -0.462. The normalized spacial score (nSPS) is 16.1. The number of hydrogen-bond donors (Lipinski definition) is 3. The molecule has 168 valence electrons. The fourth-order valence-electron chi connectivity index (χ4n) is 4.03. The molecule has 9 nitrogen and oxygen atoms in total. The van der Waals surface area contributed by atoms with Crippen molar-refractivity contribution in [3.63, 3.8) is 0 Å². The van der Waals surface area contributed by atoms with Crippen molar-refractivity contribution >= 4 is 17.3 Å². The smallest absolute Gasteiger partial charge is 0.291 e. The highest BCUT2D eigenvalue weighted by atomic mass is 19.1. The van der Waals surface area contributed by atoms with Crippen molar-refractivity contribution in [2.45, 2.75) is 18.9 Å². The molecule has 1 aliphatic heterocycles. The molecule has 4 N–H and O–H groups in total. The summed E-state index contributed by atoms with van der Waals surface area (Å²) >= 11 is 0. The van der Waals surface area contributed by atoms with E-state index in [-0.39, 0.29) is 11.9 Å². The van der Waals surface area contributed by atoms with E-state index in [0.29, 0.717) is 36.0 Å². The number of H-pyrrole nitrogens is 1. The fraction of sp³-hybridized carbons (Fsp3) is 0.217. The number of benzene rings is 1. The molecule has 0 bridgehead atoms. The summed E-state index contributed by atoms with van der Waals surface area (Å²) in [5, 5.41) is 6.98. The molecule has 4 aromatic rings. The maximum absolute atomic E-state index is 14.7. The molecule has 1 fully saturated rings. The Bertz CT molecular complexity index is 1270. The summed E-state index contributed by atoms with van der Waals surface area (Å²) in [6, 6.07) is 10.1. The van der Waals surface area contributed by atoms with Crippen LogP contribution >= 0.6 is 0 Å². The largest absolute Gasteiger partial charge is 0.366 e. The Kier molecular flexibility index (Phi) is 5.57. The Morgan fingerprint density at radius 2 is 2.12 bits per heavy atom. The van der Waals surface area contributed by atoms with E-state index in [1.807, 2.05) is 23.1 Å². The average molecular weight is 446 g/mol. The molecule has 5 rings (SSSR count). The van der Waals surface area contributed by atoms with E-state index < -0.39 is 11.7 Å². The number of imidazole rings is 1. The highest BCUT2D eigenvalue weighted by Gasteiger charge is 2.23. The molecule has 0 aliphatic carbocycles. The van der Waals surface area contributed by atoms with Gasteiger partial charge in [0.15, 0.2) is 11.6 Å². The van der Waals surface area contributed by atoms with Gasteiger partial charge in [-0.15, -0.1) is 0 Å². The zero-order valence-electron chi connectivity index (χ0n) is 17.8. The van der Waals surface area contributed by atoms with Crippen LogP contribution in [0.2, 0.25) is 0 Å². The second-order valence-electron chi connectivity index (χ2n) is 7.94. The lowest BCUT2D eigenvalue weighted by molar-refractivity contribution is 0.101. The number of rotatable bonds is 5. The predicted octanol–water partition coefficient (Wildman–Crippen LogP) is 2.98. The van der Waals surface area contributed by atoms with Crippen LogP contribution in [0.25, 0.3) is 17.1 Å². The average Bonchev–Trinajstić information content (AvgIpc) is 3.52. The third-order valence-electron chi connectivity index (χ3n) is 5.60. The molecule has 0 spiro atoms. The van der Waals surface area contributed by atoms with Crippen molar-refractivity contribution in [2.75, 3.05) is 23.3 Å². The summed E-state index contributed by atoms with van der Waals surface area (Å²) < 4.78 is 16.4. The number of aromatic nitrogens is 5. The molecule has 1 saturated heterocycles. The summed E-state index contributed by atoms with van der Waals surface area (Å²) in [5.74, 6) is -0.101. The van der Waals surface area contributed by atoms with Gasteiger partial charge in [0, 0.05) is 43.3 Å². The zero-order valence-corrected chi connectivity index (χ0v) is 17.8. The van der Waals surface area contributed by atoms with Crippen LogP contribution in [0.4, 0.5) is 15.8 Å². The number of amides is 1. The molecular formula is C23H23FN8O. The topological polar surface area (TPSA) is 118 Å². The van der Waals surface area contributed by atoms with Gasteiger partial charge in [-0.2, -0.15) is 5.10 Å². The number of anilines is 2. The third kappa shape index (κ3) is 4.33. The number of carbonyl (C=O) groups excluding carboxylic acids is 1. The predicted molar refractivity (Wildman–Crippen MR) is 123 cm³/mol. The summed E-state index contributed by atoms with van der Waals surface area (Å²) in [5.41, 5.74) is 8.27. The Hall–Kier alpha value is -4.05. The monoisotopic (exact) mass is 446 g/mol. The van der Waals surface area contributed by atoms with E-state index in [0.717, 1.165) is 18.4 Å². The zero-order chi connectivity index (χ0) is 22.8. The Balaban J connectivity index is 1.37. The molecule has 1 unspecified atom stereocenters. The Morgan fingerprint density at radius 3 is 2.94 bits per heavy atom. The van der Waals surface area contributed by atoms with Gasteiger partial charge < -0.3 is 20.9 Å². The van der Waals surface area contributed by atoms with Crippen molar-refractivity contribution in [1.29, 1.82) is 0 Å². The van der Waals surface area contributed by atoms with Crippen LogP contribution in [-0.2, 0) is 0 Å². The van der Waals surface area contributed by atoms with Crippen molar-refractivity contribution in [3.8, 4) is 17.1 Å². The number of nitrogens with zero attached hydrogens (tertiary/aromatic N) is 5. The number of aromatic amines is 1. The number of nitrogens with one attached hydrogen (secondary N) is 2. The number of pyridine rings is 1. The van der Waals surface area contributed by atoms with Crippen LogP contribution in [0, 0.1) is 5.82 Å². The molecule has 1 aliphatic rings. The summed E-state index contributed by atoms with van der Waals surface area (Å²) in [4.78, 5) is 26.4. The first kappa shape index (κ1) is 20.8. The number of nitrogens with two attached hydrogens (primary N) is 1. The van der Waals surface area contributed by atoms with Gasteiger partial charge >= 0.3 is 0 Å². The van der Waals surface area contributed by atoms with Gasteiger partial charge in [-0.25, -0.2) is 19.0 Å². The van der Waals surface area contributed by atoms with Gasteiger partial charge in [0.25, 0.3) is 5.91 Å². The Labute approximate surface area is 189 Å². The molecule has 1 amide bonds. The van der Waals surface area contributed by atoms with Crippen molar-refractivity contribution in [1.82, 2.24) is 24.7 Å². The third-order valence-corrected chi connectivity index (χ3v) is 5.60. The van der Waals surface area contributed by atoms with Gasteiger partial charge in [-0.3, -0.25) is 4.79 Å². The van der Waals surface area contributed by atoms with Gasteiger partial charge in [0.1, 0.15) is 5.82 Å². The van der Waals surface area contributed by atoms with Gasteiger partial charge in [0.05, 0.1) is 23.3 Å². The fourth-order valence-corrected chi connectivity index (χ4v) is 4.03. The van der Waals surface area contributed by atoms with E-state index in [4.69, 9.17) is 5.73 Å². The van der Waals surface area contributed by atoms with Gasteiger partial charge in [-0.1, -0.05) is 6.07 Å². The van der Waals surface area contributed by atoms with Crippen LogP contribution in [-0.4, -0.2) is 49.8 Å². The van der Waals surface area contributed by atoms with E-state index in [2.05, 4.69) is 25.4 Å². The number of hydrogen-bond acceptors (Lipinski definition) is 6. The second kappa shape index (κ2) is 8.83. The minimum absolute atomic E-state index is 0.0264. The van der Waals surface area contributed by atoms with E-state index in [9.17, 15) is 9.18 Å². The van der Waals surface area contributed by atoms with Crippen LogP contribution < -0.4 is 16.0 Å². The number of piperidine rings is 1. The van der Waals surface area contributed by atoms with E-state index in [1.165, 1.54) is 6.07 Å². The first-order valence-electron chi connectivity index (χ1n) is 10.7. The maximum atomic E-state index is 14.7. The molecular weight excluding hydrogens is 423 g/mol. The lowest BCUT2D eigenvalue weighted by Crippen LogP contribution is -2.43. The van der Waals surface area contributed by atoms with Crippen LogP contribution in [0.15, 0.2) is 61.2 Å². The second-order valence-corrected chi connectivity index (χ2v) is 7.94. The molecule has 1 aromatic carbocycles. The summed E-state index contributed by atoms with van der Waals surface area (Å²) in [6.07, 6.45) is 8.48. The van der Waals surface area contributed by atoms with Crippen molar-refractivity contribution in [2.24, 2.45) is 5.73 Å². The van der Waals surface area contributed by atoms with Gasteiger partial charge in [0.2, 0.25) is 0 Å². The van der Waals surface area contributed by atoms with Crippen molar-refractivity contribution in [3.05, 3.63) is 72.8 Å². The molecule has 4 heterocycles. The highest BCUT2D eigenvalue weighted by molar-refractivity contribution is 6.04. The molecule has 1 atom stereocenters. The first-order valence-corrected chi connectivity index (χ1v) is 10.7. The molecule has 0 radical (unpaired) electrons. The minimum Gasteiger partial charge on any atom is -0.366 e. The SMILES string of the molecule is NC1CCCN(c2c(F)cccc2NC(=O)c2ncc(-c3ccnc(-n4cccn4)c3)[nH]2)C1.